The van der Waals surface area contributed by atoms with Crippen molar-refractivity contribution in [3.63, 3.8) is 0 Å². The second kappa shape index (κ2) is 9.24. The molecular formula is C20H20F6N6O. The fourth-order valence-electron chi connectivity index (χ4n) is 3.32. The summed E-state index contributed by atoms with van der Waals surface area (Å²) in [6.07, 6.45) is -1.93. The first-order valence-electron chi connectivity index (χ1n) is 9.96. The second-order valence-electron chi connectivity index (χ2n) is 7.24. The lowest BCUT2D eigenvalue weighted by Crippen LogP contribution is -2.16. The number of carbonyl (C=O) groups is 1. The molecule has 0 aromatic carbocycles. The van der Waals surface area contributed by atoms with Crippen molar-refractivity contribution in [1.82, 2.24) is 24.5 Å². The molecule has 0 saturated heterocycles. The largest absolute Gasteiger partial charge is 0.435 e. The van der Waals surface area contributed by atoms with Gasteiger partial charge in [0.1, 0.15) is 11.4 Å². The van der Waals surface area contributed by atoms with E-state index < -0.39 is 29.6 Å². The number of rotatable bonds is 3. The first-order valence-corrected chi connectivity index (χ1v) is 9.96. The Morgan fingerprint density at radius 2 is 1.70 bits per heavy atom. The number of halogens is 6. The van der Waals surface area contributed by atoms with Gasteiger partial charge in [-0.05, 0) is 50.3 Å². The molecule has 1 amide bonds. The number of pyridine rings is 1. The summed E-state index contributed by atoms with van der Waals surface area (Å²) in [7, 11) is 0. The standard InChI is InChI=1S/C13H12F3N3.C7H8F3N3O/c14-13(15,16)12-7-10(5-6-17-12)19-8-9-3-1-2-4-11(9)18-19;1-2-13-4(6(11)14)3-5(12-13)7(8,9)10/h5-8H,1-4H2;3H,2H2,1H3,(H2,11,14). The van der Waals surface area contributed by atoms with Gasteiger partial charge in [0.25, 0.3) is 5.91 Å². The van der Waals surface area contributed by atoms with Crippen LogP contribution in [0.15, 0.2) is 30.6 Å². The molecule has 7 nitrogen and oxygen atoms in total. The summed E-state index contributed by atoms with van der Waals surface area (Å²) in [6, 6.07) is 3.21. The van der Waals surface area contributed by atoms with Crippen molar-refractivity contribution < 1.29 is 31.1 Å². The molecule has 178 valence electrons. The van der Waals surface area contributed by atoms with Gasteiger partial charge in [0.15, 0.2) is 5.69 Å². The Bertz CT molecular complexity index is 1110. The van der Waals surface area contributed by atoms with Crippen molar-refractivity contribution in [3.8, 4) is 5.69 Å². The molecule has 33 heavy (non-hydrogen) atoms. The van der Waals surface area contributed by atoms with Gasteiger partial charge in [-0.1, -0.05) is 0 Å². The van der Waals surface area contributed by atoms with E-state index >= 15 is 0 Å². The number of amides is 1. The van der Waals surface area contributed by atoms with Gasteiger partial charge in [0.05, 0.1) is 11.4 Å². The summed E-state index contributed by atoms with van der Waals surface area (Å²) < 4.78 is 76.8. The van der Waals surface area contributed by atoms with Crippen LogP contribution in [0.3, 0.4) is 0 Å². The average Bonchev–Trinajstić information content (AvgIpc) is 3.38. The molecule has 0 unspecified atom stereocenters. The van der Waals surface area contributed by atoms with Gasteiger partial charge in [0, 0.05) is 25.0 Å². The number of alkyl halides is 6. The highest BCUT2D eigenvalue weighted by atomic mass is 19.4. The predicted octanol–water partition coefficient (Wildman–Crippen LogP) is 4.19. The molecule has 3 aromatic rings. The molecule has 0 fully saturated rings. The van der Waals surface area contributed by atoms with Crippen LogP contribution in [-0.2, 0) is 31.7 Å². The van der Waals surface area contributed by atoms with E-state index in [1.165, 1.54) is 16.9 Å². The number of carbonyl (C=O) groups excluding carboxylic acids is 1. The second-order valence-corrected chi connectivity index (χ2v) is 7.24. The molecule has 2 N–H and O–H groups in total. The maximum absolute atomic E-state index is 12.6. The molecule has 1 aliphatic rings. The van der Waals surface area contributed by atoms with Gasteiger partial charge in [0.2, 0.25) is 0 Å². The van der Waals surface area contributed by atoms with Crippen LogP contribution in [0.5, 0.6) is 0 Å². The van der Waals surface area contributed by atoms with Crippen molar-refractivity contribution in [2.75, 3.05) is 0 Å². The lowest BCUT2D eigenvalue weighted by atomic mass is 9.99. The molecule has 0 spiro atoms. The summed E-state index contributed by atoms with van der Waals surface area (Å²) in [5.41, 5.74) is 5.18. The Morgan fingerprint density at radius 3 is 2.24 bits per heavy atom. The summed E-state index contributed by atoms with van der Waals surface area (Å²) in [4.78, 5) is 14.1. The van der Waals surface area contributed by atoms with Gasteiger partial charge in [-0.25, -0.2) is 4.68 Å². The minimum atomic E-state index is -4.55. The number of hydrogen-bond donors (Lipinski definition) is 1. The Balaban J connectivity index is 0.000000196. The smallest absolute Gasteiger partial charge is 0.364 e. The van der Waals surface area contributed by atoms with Crippen LogP contribution in [0.1, 0.15) is 52.9 Å². The number of fused-ring (bicyclic) bond motifs is 1. The predicted molar refractivity (Wildman–Crippen MR) is 104 cm³/mol. The molecule has 0 saturated carbocycles. The van der Waals surface area contributed by atoms with Crippen molar-refractivity contribution >= 4 is 5.91 Å². The SMILES string of the molecule is CCn1nc(C(F)(F)F)cc1C(N)=O.FC(F)(F)c1cc(-n2cc3c(n2)CCCC3)ccn1. The molecule has 0 bridgehead atoms. The highest BCUT2D eigenvalue weighted by Gasteiger charge is 2.35. The van der Waals surface area contributed by atoms with Crippen LogP contribution >= 0.6 is 0 Å². The molecular weight excluding hydrogens is 454 g/mol. The lowest BCUT2D eigenvalue weighted by molar-refractivity contribution is -0.142. The van der Waals surface area contributed by atoms with E-state index in [1.807, 2.05) is 6.20 Å². The quantitative estimate of drug-likeness (QED) is 0.577. The zero-order chi connectivity index (χ0) is 24.4. The Labute approximate surface area is 184 Å². The molecule has 3 heterocycles. The number of aryl methyl sites for hydroxylation is 3. The lowest BCUT2D eigenvalue weighted by Gasteiger charge is -2.07. The summed E-state index contributed by atoms with van der Waals surface area (Å²) in [5.74, 6) is -0.921. The number of nitrogens with zero attached hydrogens (tertiary/aromatic N) is 5. The first-order chi connectivity index (χ1) is 15.4. The third-order valence-electron chi connectivity index (χ3n) is 4.91. The maximum Gasteiger partial charge on any atom is 0.435 e. The van der Waals surface area contributed by atoms with Crippen LogP contribution in [0, 0.1) is 0 Å². The summed E-state index contributed by atoms with van der Waals surface area (Å²) >= 11 is 0. The van der Waals surface area contributed by atoms with E-state index in [0.717, 1.165) is 47.7 Å². The molecule has 4 rings (SSSR count). The van der Waals surface area contributed by atoms with Crippen molar-refractivity contribution in [3.05, 3.63) is 58.9 Å². The van der Waals surface area contributed by atoms with E-state index in [9.17, 15) is 31.1 Å². The van der Waals surface area contributed by atoms with Gasteiger partial charge in [-0.3, -0.25) is 14.5 Å². The van der Waals surface area contributed by atoms with Gasteiger partial charge < -0.3 is 5.73 Å². The average molecular weight is 474 g/mol. The van der Waals surface area contributed by atoms with E-state index in [1.54, 1.807) is 6.92 Å². The Morgan fingerprint density at radius 1 is 1.03 bits per heavy atom. The van der Waals surface area contributed by atoms with Crippen LogP contribution < -0.4 is 5.73 Å². The molecule has 0 aliphatic heterocycles. The molecule has 3 aromatic heterocycles. The number of primary amides is 1. The molecule has 1 aliphatic carbocycles. The van der Waals surface area contributed by atoms with Gasteiger partial charge >= 0.3 is 12.4 Å². The summed E-state index contributed by atoms with van der Waals surface area (Å²) in [5, 5.41) is 7.58. The Hall–Kier alpha value is -3.38. The van der Waals surface area contributed by atoms with Gasteiger partial charge in [-0.2, -0.15) is 36.5 Å². The zero-order valence-corrected chi connectivity index (χ0v) is 17.4. The highest BCUT2D eigenvalue weighted by molar-refractivity contribution is 5.91. The van der Waals surface area contributed by atoms with Crippen LogP contribution in [-0.4, -0.2) is 30.5 Å². The van der Waals surface area contributed by atoms with E-state index in [0.29, 0.717) is 11.8 Å². The van der Waals surface area contributed by atoms with Gasteiger partial charge in [-0.15, -0.1) is 0 Å². The highest BCUT2D eigenvalue weighted by Crippen LogP contribution is 2.29. The number of hydrogen-bond acceptors (Lipinski definition) is 4. The number of nitrogens with two attached hydrogens (primary N) is 1. The maximum atomic E-state index is 12.6. The van der Waals surface area contributed by atoms with Crippen LogP contribution in [0.2, 0.25) is 0 Å². The Kier molecular flexibility index (Phi) is 6.79. The minimum absolute atomic E-state index is 0.161. The number of aromatic nitrogens is 5. The molecule has 0 atom stereocenters. The van der Waals surface area contributed by atoms with Crippen LogP contribution in [0.25, 0.3) is 5.69 Å². The van der Waals surface area contributed by atoms with Crippen molar-refractivity contribution in [2.45, 2.75) is 51.5 Å². The molecule has 13 heteroatoms. The zero-order valence-electron chi connectivity index (χ0n) is 17.4. The third kappa shape index (κ3) is 5.71. The first kappa shape index (κ1) is 24.3. The monoisotopic (exact) mass is 474 g/mol. The van der Waals surface area contributed by atoms with E-state index in [4.69, 9.17) is 5.73 Å². The fourth-order valence-corrected chi connectivity index (χ4v) is 3.32. The van der Waals surface area contributed by atoms with Crippen molar-refractivity contribution in [1.29, 1.82) is 0 Å². The minimum Gasteiger partial charge on any atom is -0.364 e. The summed E-state index contributed by atoms with van der Waals surface area (Å²) in [6.45, 7) is 1.73. The van der Waals surface area contributed by atoms with Crippen molar-refractivity contribution in [2.24, 2.45) is 5.73 Å². The third-order valence-corrected chi connectivity index (χ3v) is 4.91. The van der Waals surface area contributed by atoms with E-state index in [2.05, 4.69) is 15.2 Å². The normalized spacial score (nSPS) is 13.8. The van der Waals surface area contributed by atoms with Crippen LogP contribution in [0.4, 0.5) is 26.3 Å². The molecule has 0 radical (unpaired) electrons. The topological polar surface area (TPSA) is 91.6 Å². The van der Waals surface area contributed by atoms with E-state index in [-0.39, 0.29) is 12.2 Å². The fraction of sp³-hybridized carbons (Fsp3) is 0.400.